The summed E-state index contributed by atoms with van der Waals surface area (Å²) in [6, 6.07) is 1.58. The third-order valence-corrected chi connectivity index (χ3v) is 8.07. The largest absolute Gasteiger partial charge is 0.416 e. The highest BCUT2D eigenvalue weighted by Gasteiger charge is 2.50. The van der Waals surface area contributed by atoms with Gasteiger partial charge in [-0.1, -0.05) is 13.8 Å². The number of ether oxygens (including phenoxy) is 2. The third-order valence-electron chi connectivity index (χ3n) is 8.07. The first-order valence-electron chi connectivity index (χ1n) is 12.3. The summed E-state index contributed by atoms with van der Waals surface area (Å²) in [5.41, 5.74) is -3.76. The van der Waals surface area contributed by atoms with Crippen LogP contribution in [0.3, 0.4) is 0 Å². The molecule has 1 aromatic rings. The van der Waals surface area contributed by atoms with Gasteiger partial charge in [-0.2, -0.15) is 26.3 Å². The molecule has 1 N–H and O–H groups in total. The average Bonchev–Trinajstić information content (AvgIpc) is 3.45. The van der Waals surface area contributed by atoms with Crippen molar-refractivity contribution in [2.24, 2.45) is 11.3 Å². The summed E-state index contributed by atoms with van der Waals surface area (Å²) in [4.78, 5) is 15.7. The highest BCUT2D eigenvalue weighted by molar-refractivity contribution is 5.83. The first-order chi connectivity index (χ1) is 16.7. The van der Waals surface area contributed by atoms with Crippen LogP contribution in [0, 0.1) is 11.3 Å². The Morgan fingerprint density at radius 2 is 1.56 bits per heavy atom. The molecule has 2 atom stereocenters. The molecule has 202 valence electrons. The molecule has 0 bridgehead atoms. The van der Waals surface area contributed by atoms with Crippen LogP contribution in [0.2, 0.25) is 0 Å². The van der Waals surface area contributed by atoms with Gasteiger partial charge < -0.3 is 14.8 Å². The van der Waals surface area contributed by atoms with E-state index in [2.05, 4.69) is 10.2 Å². The van der Waals surface area contributed by atoms with Crippen molar-refractivity contribution in [3.8, 4) is 0 Å². The number of likely N-dealkylation sites (tertiary alicyclic amines) is 1. The van der Waals surface area contributed by atoms with E-state index in [1.165, 1.54) is 0 Å². The Balaban J connectivity index is 1.44. The Kier molecular flexibility index (Phi) is 7.40. The van der Waals surface area contributed by atoms with Gasteiger partial charge >= 0.3 is 12.4 Å². The van der Waals surface area contributed by atoms with Crippen LogP contribution < -0.4 is 5.32 Å². The van der Waals surface area contributed by atoms with Crippen molar-refractivity contribution in [2.45, 2.75) is 76.7 Å². The normalized spacial score (nSPS) is 27.2. The van der Waals surface area contributed by atoms with Gasteiger partial charge in [0.25, 0.3) is 0 Å². The van der Waals surface area contributed by atoms with Crippen molar-refractivity contribution < 1.29 is 40.6 Å². The number of rotatable bonds is 5. The molecule has 5 nitrogen and oxygen atoms in total. The quantitative estimate of drug-likeness (QED) is 0.528. The van der Waals surface area contributed by atoms with Crippen molar-refractivity contribution in [1.82, 2.24) is 10.2 Å². The monoisotopic (exact) mass is 522 g/mol. The number of alkyl halides is 6. The van der Waals surface area contributed by atoms with Gasteiger partial charge in [0, 0.05) is 38.5 Å². The number of carbonyl (C=O) groups is 1. The van der Waals surface area contributed by atoms with E-state index in [-0.39, 0.29) is 29.5 Å². The summed E-state index contributed by atoms with van der Waals surface area (Å²) in [5.74, 6) is -0.878. The predicted molar refractivity (Wildman–Crippen MR) is 119 cm³/mol. The van der Waals surface area contributed by atoms with E-state index in [0.29, 0.717) is 38.2 Å². The van der Waals surface area contributed by atoms with Gasteiger partial charge in [0.2, 0.25) is 5.91 Å². The summed E-state index contributed by atoms with van der Waals surface area (Å²) in [6.07, 6.45) is -6.38. The molecule has 0 aromatic heterocycles. The summed E-state index contributed by atoms with van der Waals surface area (Å²) in [7, 11) is 0. The molecule has 3 aliphatic rings. The van der Waals surface area contributed by atoms with Gasteiger partial charge in [0.1, 0.15) is 0 Å². The van der Waals surface area contributed by atoms with E-state index in [9.17, 15) is 31.1 Å². The predicted octanol–water partition coefficient (Wildman–Crippen LogP) is 5.37. The maximum atomic E-state index is 13.4. The SMILES string of the molecule is CC(C)C1(C(=O)NCc2cc(C(F)(F)F)cc(C(F)(F)F)c2)CCC(N2CCC3(CC2)OCCO3)C1. The second kappa shape index (κ2) is 9.79. The smallest absolute Gasteiger partial charge is 0.352 e. The molecular formula is C25H32F6N2O3. The molecule has 1 amide bonds. The summed E-state index contributed by atoms with van der Waals surface area (Å²) < 4.78 is 90.7. The van der Waals surface area contributed by atoms with Gasteiger partial charge in [0.15, 0.2) is 5.79 Å². The zero-order valence-corrected chi connectivity index (χ0v) is 20.4. The maximum absolute atomic E-state index is 13.4. The molecule has 1 aliphatic carbocycles. The molecule has 1 spiro atoms. The lowest BCUT2D eigenvalue weighted by atomic mass is 9.74. The van der Waals surface area contributed by atoms with Crippen molar-refractivity contribution in [1.29, 1.82) is 0 Å². The standard InChI is InChI=1S/C25H32F6N2O3/c1-16(2)22(4-3-20(14-22)33-7-5-23(6-8-33)35-9-10-36-23)21(34)32-15-17-11-18(24(26,27)28)13-19(12-17)25(29,30)31/h11-13,16,20H,3-10,14-15H2,1-2H3,(H,32,34). The Hall–Kier alpha value is -1.85. The molecule has 2 saturated heterocycles. The number of piperidine rings is 1. The number of benzene rings is 1. The number of hydrogen-bond acceptors (Lipinski definition) is 4. The van der Waals surface area contributed by atoms with Crippen LogP contribution in [0.25, 0.3) is 0 Å². The Bertz CT molecular complexity index is 916. The molecule has 2 heterocycles. The lowest BCUT2D eigenvalue weighted by Crippen LogP contribution is -2.49. The van der Waals surface area contributed by atoms with Crippen molar-refractivity contribution in [2.75, 3.05) is 26.3 Å². The fourth-order valence-corrected chi connectivity index (χ4v) is 5.85. The zero-order valence-electron chi connectivity index (χ0n) is 20.4. The van der Waals surface area contributed by atoms with Crippen LogP contribution >= 0.6 is 0 Å². The fraction of sp³-hybridized carbons (Fsp3) is 0.720. The summed E-state index contributed by atoms with van der Waals surface area (Å²) >= 11 is 0. The Morgan fingerprint density at radius 3 is 2.06 bits per heavy atom. The number of hydrogen-bond donors (Lipinski definition) is 1. The van der Waals surface area contributed by atoms with E-state index < -0.39 is 41.2 Å². The van der Waals surface area contributed by atoms with E-state index in [1.807, 2.05) is 13.8 Å². The highest BCUT2D eigenvalue weighted by Crippen LogP contribution is 2.47. The minimum Gasteiger partial charge on any atom is -0.352 e. The molecule has 1 saturated carbocycles. The van der Waals surface area contributed by atoms with E-state index in [0.717, 1.165) is 32.4 Å². The molecule has 11 heteroatoms. The second-order valence-corrected chi connectivity index (χ2v) is 10.4. The minimum atomic E-state index is -4.93. The fourth-order valence-electron chi connectivity index (χ4n) is 5.85. The van der Waals surface area contributed by atoms with E-state index in [1.54, 1.807) is 0 Å². The molecule has 1 aromatic carbocycles. The number of carbonyl (C=O) groups excluding carboxylic acids is 1. The van der Waals surface area contributed by atoms with E-state index >= 15 is 0 Å². The number of nitrogens with one attached hydrogen (secondary N) is 1. The highest BCUT2D eigenvalue weighted by atomic mass is 19.4. The Labute approximate surface area is 206 Å². The molecule has 3 fully saturated rings. The van der Waals surface area contributed by atoms with Crippen LogP contribution in [-0.2, 0) is 33.2 Å². The molecule has 2 aliphatic heterocycles. The minimum absolute atomic E-state index is 0.0487. The first-order valence-corrected chi connectivity index (χ1v) is 12.3. The lowest BCUT2D eigenvalue weighted by molar-refractivity contribution is -0.188. The summed E-state index contributed by atoms with van der Waals surface area (Å²) in [6.45, 7) is 6.20. The molecule has 4 rings (SSSR count). The van der Waals surface area contributed by atoms with E-state index in [4.69, 9.17) is 9.47 Å². The third kappa shape index (κ3) is 5.52. The number of amides is 1. The van der Waals surface area contributed by atoms with Gasteiger partial charge in [-0.3, -0.25) is 9.69 Å². The van der Waals surface area contributed by atoms with Crippen LogP contribution in [0.4, 0.5) is 26.3 Å². The van der Waals surface area contributed by atoms with Gasteiger partial charge in [0.05, 0.1) is 29.8 Å². The van der Waals surface area contributed by atoms with Crippen molar-refractivity contribution >= 4 is 5.91 Å². The van der Waals surface area contributed by atoms with Crippen LogP contribution in [0.1, 0.15) is 62.6 Å². The molecular weight excluding hydrogens is 490 g/mol. The number of halogens is 6. The van der Waals surface area contributed by atoms with Gasteiger partial charge in [-0.05, 0) is 48.9 Å². The van der Waals surface area contributed by atoms with Gasteiger partial charge in [-0.25, -0.2) is 0 Å². The van der Waals surface area contributed by atoms with Crippen molar-refractivity contribution in [3.63, 3.8) is 0 Å². The summed E-state index contributed by atoms with van der Waals surface area (Å²) in [5, 5.41) is 2.65. The van der Waals surface area contributed by atoms with Crippen molar-refractivity contribution in [3.05, 3.63) is 34.9 Å². The lowest BCUT2D eigenvalue weighted by Gasteiger charge is -2.41. The Morgan fingerprint density at radius 1 is 1.00 bits per heavy atom. The second-order valence-electron chi connectivity index (χ2n) is 10.4. The van der Waals surface area contributed by atoms with Crippen LogP contribution in [0.5, 0.6) is 0 Å². The average molecular weight is 523 g/mol. The topological polar surface area (TPSA) is 50.8 Å². The molecule has 0 radical (unpaired) electrons. The zero-order chi connectivity index (χ0) is 26.4. The first kappa shape index (κ1) is 27.2. The molecule has 36 heavy (non-hydrogen) atoms. The van der Waals surface area contributed by atoms with Gasteiger partial charge in [-0.15, -0.1) is 0 Å². The maximum Gasteiger partial charge on any atom is 0.416 e. The van der Waals surface area contributed by atoms with Crippen LogP contribution in [-0.4, -0.2) is 48.9 Å². The number of nitrogens with zero attached hydrogens (tertiary/aromatic N) is 1. The molecule has 2 unspecified atom stereocenters. The van der Waals surface area contributed by atoms with Crippen LogP contribution in [0.15, 0.2) is 18.2 Å².